The molecule has 2 aromatic carbocycles. The van der Waals surface area contributed by atoms with Gasteiger partial charge in [-0.05, 0) is 25.0 Å². The van der Waals surface area contributed by atoms with Crippen LogP contribution in [0.5, 0.6) is 0 Å². The SMILES string of the molecule is CCCCCN(N)c1cccc2c1C(=O)c1c(cccc1N(N)CCCCC)C2=O. The van der Waals surface area contributed by atoms with E-state index in [-0.39, 0.29) is 11.6 Å². The van der Waals surface area contributed by atoms with Crippen LogP contribution in [-0.4, -0.2) is 24.7 Å². The zero-order valence-corrected chi connectivity index (χ0v) is 18.0. The highest BCUT2D eigenvalue weighted by atomic mass is 16.1. The fourth-order valence-corrected chi connectivity index (χ4v) is 3.99. The van der Waals surface area contributed by atoms with Crippen LogP contribution in [0.3, 0.4) is 0 Å². The van der Waals surface area contributed by atoms with Crippen molar-refractivity contribution in [3.05, 3.63) is 58.7 Å². The molecule has 1 aliphatic carbocycles. The van der Waals surface area contributed by atoms with Crippen LogP contribution in [0, 0.1) is 0 Å². The topological polar surface area (TPSA) is 92.7 Å². The fraction of sp³-hybridized carbons (Fsp3) is 0.417. The van der Waals surface area contributed by atoms with E-state index in [1.54, 1.807) is 34.3 Å². The molecule has 1 aliphatic rings. The van der Waals surface area contributed by atoms with Gasteiger partial charge >= 0.3 is 0 Å². The minimum Gasteiger partial charge on any atom is -0.310 e. The van der Waals surface area contributed by atoms with Gasteiger partial charge in [-0.1, -0.05) is 63.8 Å². The predicted octanol–water partition coefficient (Wildman–Crippen LogP) is 4.20. The molecule has 0 aromatic heterocycles. The first-order valence-corrected chi connectivity index (χ1v) is 10.9. The van der Waals surface area contributed by atoms with Gasteiger partial charge in [-0.25, -0.2) is 11.7 Å². The van der Waals surface area contributed by atoms with E-state index in [2.05, 4.69) is 13.8 Å². The van der Waals surface area contributed by atoms with Crippen LogP contribution in [0.2, 0.25) is 0 Å². The Bertz CT molecular complexity index is 854. The van der Waals surface area contributed by atoms with Crippen LogP contribution in [0.1, 0.15) is 84.2 Å². The number of rotatable bonds is 10. The molecule has 160 valence electrons. The second-order valence-electron chi connectivity index (χ2n) is 7.86. The van der Waals surface area contributed by atoms with Crippen molar-refractivity contribution >= 4 is 22.9 Å². The van der Waals surface area contributed by atoms with Gasteiger partial charge in [0.2, 0.25) is 0 Å². The summed E-state index contributed by atoms with van der Waals surface area (Å²) in [7, 11) is 0. The molecule has 0 aliphatic heterocycles. The Morgan fingerprint density at radius 2 is 1.10 bits per heavy atom. The van der Waals surface area contributed by atoms with E-state index in [0.29, 0.717) is 46.7 Å². The number of hydrogen-bond acceptors (Lipinski definition) is 6. The van der Waals surface area contributed by atoms with Crippen molar-refractivity contribution in [3.63, 3.8) is 0 Å². The summed E-state index contributed by atoms with van der Waals surface area (Å²) in [6, 6.07) is 10.6. The number of anilines is 2. The second kappa shape index (κ2) is 9.87. The maximum atomic E-state index is 13.6. The molecule has 3 rings (SSSR count). The Balaban J connectivity index is 2.01. The molecule has 6 nitrogen and oxygen atoms in total. The maximum absolute atomic E-state index is 13.6. The number of hydrogen-bond donors (Lipinski definition) is 2. The molecule has 0 bridgehead atoms. The van der Waals surface area contributed by atoms with Crippen molar-refractivity contribution in [2.24, 2.45) is 11.7 Å². The first-order valence-electron chi connectivity index (χ1n) is 10.9. The highest BCUT2D eigenvalue weighted by Gasteiger charge is 2.35. The smallest absolute Gasteiger partial charge is 0.198 e. The number of carbonyl (C=O) groups is 2. The van der Waals surface area contributed by atoms with Crippen molar-refractivity contribution in [2.75, 3.05) is 23.1 Å². The van der Waals surface area contributed by atoms with Gasteiger partial charge in [0.05, 0.1) is 22.5 Å². The molecule has 4 N–H and O–H groups in total. The van der Waals surface area contributed by atoms with E-state index in [9.17, 15) is 9.59 Å². The number of nitrogens with two attached hydrogens (primary N) is 2. The van der Waals surface area contributed by atoms with Gasteiger partial charge in [0.1, 0.15) is 0 Å². The number of fused-ring (bicyclic) bond motifs is 2. The number of carbonyl (C=O) groups excluding carboxylic acids is 2. The van der Waals surface area contributed by atoms with Gasteiger partial charge in [-0.3, -0.25) is 9.59 Å². The second-order valence-corrected chi connectivity index (χ2v) is 7.86. The number of ketones is 2. The normalized spacial score (nSPS) is 12.5. The van der Waals surface area contributed by atoms with E-state index in [1.165, 1.54) is 0 Å². The first kappa shape index (κ1) is 22.0. The van der Waals surface area contributed by atoms with Crippen LogP contribution in [0.25, 0.3) is 0 Å². The minimum atomic E-state index is -0.192. The molecule has 0 fully saturated rings. The van der Waals surface area contributed by atoms with Crippen LogP contribution in [0.4, 0.5) is 11.4 Å². The Morgan fingerprint density at radius 1 is 0.667 bits per heavy atom. The summed E-state index contributed by atoms with van der Waals surface area (Å²) in [5.74, 6) is 12.3. The zero-order valence-electron chi connectivity index (χ0n) is 18.0. The minimum absolute atomic E-state index is 0.160. The van der Waals surface area contributed by atoms with E-state index in [0.717, 1.165) is 38.5 Å². The summed E-state index contributed by atoms with van der Waals surface area (Å²) >= 11 is 0. The predicted molar refractivity (Wildman–Crippen MR) is 122 cm³/mol. The average molecular weight is 409 g/mol. The third kappa shape index (κ3) is 4.25. The van der Waals surface area contributed by atoms with Crippen LogP contribution in [-0.2, 0) is 0 Å². The number of benzene rings is 2. The van der Waals surface area contributed by atoms with Crippen molar-refractivity contribution in [1.82, 2.24) is 0 Å². The summed E-state index contributed by atoms with van der Waals surface area (Å²) in [6.45, 7) is 5.51. The molecule has 0 saturated heterocycles. The lowest BCUT2D eigenvalue weighted by molar-refractivity contribution is 0.0979. The van der Waals surface area contributed by atoms with Crippen molar-refractivity contribution in [2.45, 2.75) is 52.4 Å². The maximum Gasteiger partial charge on any atom is 0.198 e. The van der Waals surface area contributed by atoms with E-state index < -0.39 is 0 Å². The molecule has 2 aromatic rings. The van der Waals surface area contributed by atoms with E-state index in [4.69, 9.17) is 11.7 Å². The quantitative estimate of drug-likeness (QED) is 0.297. The lowest BCUT2D eigenvalue weighted by Gasteiger charge is -2.28. The molecule has 0 atom stereocenters. The Hall–Kier alpha value is -2.70. The Morgan fingerprint density at radius 3 is 1.50 bits per heavy atom. The summed E-state index contributed by atoms with van der Waals surface area (Å²) in [5.41, 5.74) is 2.76. The van der Waals surface area contributed by atoms with Crippen LogP contribution in [0.15, 0.2) is 36.4 Å². The highest BCUT2D eigenvalue weighted by molar-refractivity contribution is 6.31. The number of unbranched alkanes of at least 4 members (excludes halogenated alkanes) is 4. The van der Waals surface area contributed by atoms with Crippen molar-refractivity contribution in [1.29, 1.82) is 0 Å². The van der Waals surface area contributed by atoms with Crippen LogP contribution < -0.4 is 21.7 Å². The molecule has 0 spiro atoms. The van der Waals surface area contributed by atoms with Crippen molar-refractivity contribution in [3.8, 4) is 0 Å². The molecular weight excluding hydrogens is 376 g/mol. The average Bonchev–Trinajstić information content (AvgIpc) is 2.76. The molecule has 6 heteroatoms. The lowest BCUT2D eigenvalue weighted by atomic mass is 9.82. The standard InChI is InChI=1S/C24H32N4O2/c1-3-5-7-15-27(25)19-13-9-11-17-21(19)24(30)22-18(23(17)29)12-10-14-20(22)28(26)16-8-6-4-2/h9-14H,3-8,15-16,25-26H2,1-2H3. The molecule has 0 heterocycles. The Kier molecular flexibility index (Phi) is 7.24. The Labute approximate surface area is 178 Å². The first-order chi connectivity index (χ1) is 14.5. The summed E-state index contributed by atoms with van der Waals surface area (Å²) in [6.07, 6.45) is 6.13. The van der Waals surface area contributed by atoms with Crippen LogP contribution >= 0.6 is 0 Å². The number of hydrazine groups is 2. The van der Waals surface area contributed by atoms with Gasteiger partial charge in [-0.15, -0.1) is 0 Å². The summed E-state index contributed by atoms with van der Waals surface area (Å²) < 4.78 is 0. The monoisotopic (exact) mass is 408 g/mol. The van der Waals surface area contributed by atoms with E-state index >= 15 is 0 Å². The zero-order chi connectivity index (χ0) is 21.7. The molecule has 0 unspecified atom stereocenters. The van der Waals surface area contributed by atoms with Gasteiger partial charge in [0.15, 0.2) is 11.6 Å². The fourth-order valence-electron chi connectivity index (χ4n) is 3.99. The van der Waals surface area contributed by atoms with E-state index in [1.807, 2.05) is 12.1 Å². The summed E-state index contributed by atoms with van der Waals surface area (Å²) in [5, 5.41) is 3.18. The molecule has 0 amide bonds. The third-order valence-corrected chi connectivity index (χ3v) is 5.65. The van der Waals surface area contributed by atoms with Crippen molar-refractivity contribution < 1.29 is 9.59 Å². The molecular formula is C24H32N4O2. The molecule has 0 saturated carbocycles. The van der Waals surface area contributed by atoms with Gasteiger partial charge in [0.25, 0.3) is 0 Å². The molecule has 30 heavy (non-hydrogen) atoms. The largest absolute Gasteiger partial charge is 0.310 e. The van der Waals surface area contributed by atoms with Gasteiger partial charge in [0, 0.05) is 24.2 Å². The highest BCUT2D eigenvalue weighted by Crippen LogP contribution is 2.37. The molecule has 0 radical (unpaired) electrons. The summed E-state index contributed by atoms with van der Waals surface area (Å²) in [4.78, 5) is 26.9. The van der Waals surface area contributed by atoms with Gasteiger partial charge < -0.3 is 10.0 Å². The third-order valence-electron chi connectivity index (χ3n) is 5.65. The lowest BCUT2D eigenvalue weighted by Crippen LogP contribution is -2.37. The van der Waals surface area contributed by atoms with Gasteiger partial charge in [-0.2, -0.15) is 0 Å². The number of nitrogens with zero attached hydrogens (tertiary/aromatic N) is 2.